The van der Waals surface area contributed by atoms with Gasteiger partial charge in [-0.05, 0) is 32.9 Å². The van der Waals surface area contributed by atoms with Crippen LogP contribution in [0.5, 0.6) is 0 Å². The fraction of sp³-hybridized carbons (Fsp3) is 0.500. The molecular formula is C16H20F2N2O3. The van der Waals surface area contributed by atoms with Crippen molar-refractivity contribution < 1.29 is 23.1 Å². The number of anilines is 1. The fourth-order valence-corrected chi connectivity index (χ4v) is 2.37. The fourth-order valence-electron chi connectivity index (χ4n) is 2.37. The van der Waals surface area contributed by atoms with Crippen LogP contribution in [0, 0.1) is 11.6 Å². The van der Waals surface area contributed by atoms with Crippen molar-refractivity contribution in [1.82, 2.24) is 4.90 Å². The van der Waals surface area contributed by atoms with Crippen molar-refractivity contribution in [3.05, 3.63) is 29.3 Å². The number of hydrogen-bond donors (Lipinski definition) is 0. The molecule has 1 aromatic rings. The molecule has 23 heavy (non-hydrogen) atoms. The zero-order chi connectivity index (χ0) is 17.2. The Morgan fingerprint density at radius 2 is 1.78 bits per heavy atom. The molecule has 1 saturated heterocycles. The van der Waals surface area contributed by atoms with Gasteiger partial charge in [-0.2, -0.15) is 0 Å². The second kappa shape index (κ2) is 6.52. The summed E-state index contributed by atoms with van der Waals surface area (Å²) in [6.07, 6.45) is -0.240. The second-order valence-electron chi connectivity index (χ2n) is 6.37. The van der Waals surface area contributed by atoms with Gasteiger partial charge in [-0.3, -0.25) is 4.79 Å². The molecule has 7 heteroatoms. The van der Waals surface area contributed by atoms with Gasteiger partial charge in [0, 0.05) is 26.2 Å². The summed E-state index contributed by atoms with van der Waals surface area (Å²) >= 11 is 0. The Morgan fingerprint density at radius 1 is 1.17 bits per heavy atom. The van der Waals surface area contributed by atoms with E-state index in [-0.39, 0.29) is 12.0 Å². The molecule has 0 aliphatic carbocycles. The quantitative estimate of drug-likeness (QED) is 0.784. The minimum absolute atomic E-state index is 0.164. The highest BCUT2D eigenvalue weighted by molar-refractivity contribution is 5.78. The predicted octanol–water partition coefficient (Wildman–Crippen LogP) is 2.83. The Bertz CT molecular complexity index is 606. The van der Waals surface area contributed by atoms with E-state index in [0.29, 0.717) is 26.2 Å². The summed E-state index contributed by atoms with van der Waals surface area (Å²) in [7, 11) is 0. The number of amides is 1. The van der Waals surface area contributed by atoms with Crippen LogP contribution in [-0.2, 0) is 4.74 Å². The summed E-state index contributed by atoms with van der Waals surface area (Å²) in [4.78, 5) is 26.0. The van der Waals surface area contributed by atoms with Gasteiger partial charge in [0.15, 0.2) is 12.1 Å². The van der Waals surface area contributed by atoms with Gasteiger partial charge in [0.25, 0.3) is 0 Å². The lowest BCUT2D eigenvalue weighted by Crippen LogP contribution is -2.50. The first kappa shape index (κ1) is 17.2. The normalized spacial score (nSPS) is 15.5. The summed E-state index contributed by atoms with van der Waals surface area (Å²) in [6.45, 7) is 6.84. The van der Waals surface area contributed by atoms with Gasteiger partial charge in [0.2, 0.25) is 0 Å². The highest BCUT2D eigenvalue weighted by Gasteiger charge is 2.27. The van der Waals surface area contributed by atoms with Gasteiger partial charge in [0.05, 0.1) is 11.3 Å². The Balaban J connectivity index is 2.05. The van der Waals surface area contributed by atoms with Crippen LogP contribution in [0.25, 0.3) is 0 Å². The molecule has 0 unspecified atom stereocenters. The van der Waals surface area contributed by atoms with Gasteiger partial charge in [-0.25, -0.2) is 13.6 Å². The van der Waals surface area contributed by atoms with Crippen LogP contribution in [0.15, 0.2) is 12.1 Å². The first-order valence-corrected chi connectivity index (χ1v) is 7.39. The van der Waals surface area contributed by atoms with E-state index in [4.69, 9.17) is 4.74 Å². The van der Waals surface area contributed by atoms with Crippen molar-refractivity contribution in [2.75, 3.05) is 31.1 Å². The number of piperazine rings is 1. The topological polar surface area (TPSA) is 49.9 Å². The van der Waals surface area contributed by atoms with Gasteiger partial charge in [0.1, 0.15) is 11.4 Å². The number of hydrogen-bond acceptors (Lipinski definition) is 4. The molecule has 0 spiro atoms. The number of aldehydes is 1. The maximum atomic E-state index is 14.2. The maximum Gasteiger partial charge on any atom is 0.410 e. The minimum atomic E-state index is -0.881. The summed E-state index contributed by atoms with van der Waals surface area (Å²) in [5, 5.41) is 0. The molecule has 0 atom stereocenters. The predicted molar refractivity (Wildman–Crippen MR) is 81.8 cm³/mol. The van der Waals surface area contributed by atoms with Crippen molar-refractivity contribution in [2.24, 2.45) is 0 Å². The smallest absolute Gasteiger partial charge is 0.410 e. The van der Waals surface area contributed by atoms with E-state index < -0.39 is 28.9 Å². The summed E-state index contributed by atoms with van der Waals surface area (Å²) in [6, 6.07) is 2.38. The molecule has 1 aromatic carbocycles. The van der Waals surface area contributed by atoms with Crippen molar-refractivity contribution in [3.63, 3.8) is 0 Å². The summed E-state index contributed by atoms with van der Waals surface area (Å²) < 4.78 is 32.8. The van der Waals surface area contributed by atoms with Crippen LogP contribution in [0.4, 0.5) is 19.3 Å². The zero-order valence-corrected chi connectivity index (χ0v) is 13.4. The lowest BCUT2D eigenvalue weighted by Gasteiger charge is -2.36. The molecule has 1 amide bonds. The number of carbonyl (C=O) groups is 2. The highest BCUT2D eigenvalue weighted by atomic mass is 19.1. The maximum absolute atomic E-state index is 14.2. The number of ether oxygens (including phenoxy) is 1. The van der Waals surface area contributed by atoms with Gasteiger partial charge >= 0.3 is 6.09 Å². The number of nitrogens with zero attached hydrogens (tertiary/aromatic N) is 2. The lowest BCUT2D eigenvalue weighted by atomic mass is 10.1. The monoisotopic (exact) mass is 326 g/mol. The average molecular weight is 326 g/mol. The number of carbonyl (C=O) groups excluding carboxylic acids is 2. The minimum Gasteiger partial charge on any atom is -0.444 e. The Kier molecular flexibility index (Phi) is 4.87. The molecule has 1 aliphatic heterocycles. The third-order valence-corrected chi connectivity index (χ3v) is 3.50. The van der Waals surface area contributed by atoms with Crippen molar-refractivity contribution in [3.8, 4) is 0 Å². The van der Waals surface area contributed by atoms with E-state index in [0.717, 1.165) is 6.07 Å². The molecule has 2 rings (SSSR count). The molecule has 0 bridgehead atoms. The second-order valence-corrected chi connectivity index (χ2v) is 6.37. The average Bonchev–Trinajstić information content (AvgIpc) is 2.46. The lowest BCUT2D eigenvalue weighted by molar-refractivity contribution is 0.0240. The van der Waals surface area contributed by atoms with Crippen molar-refractivity contribution in [2.45, 2.75) is 26.4 Å². The van der Waals surface area contributed by atoms with E-state index in [9.17, 15) is 18.4 Å². The molecule has 0 aromatic heterocycles. The first-order chi connectivity index (χ1) is 10.7. The number of halogens is 2. The van der Waals surface area contributed by atoms with E-state index in [1.54, 1.807) is 30.6 Å². The molecule has 0 N–H and O–H groups in total. The van der Waals surface area contributed by atoms with Crippen LogP contribution in [-0.4, -0.2) is 49.1 Å². The van der Waals surface area contributed by atoms with Crippen LogP contribution in [0.3, 0.4) is 0 Å². The van der Waals surface area contributed by atoms with E-state index in [2.05, 4.69) is 0 Å². The Labute approximate surface area is 133 Å². The molecule has 1 aliphatic rings. The van der Waals surface area contributed by atoms with E-state index in [1.165, 1.54) is 6.07 Å². The van der Waals surface area contributed by atoms with E-state index >= 15 is 0 Å². The van der Waals surface area contributed by atoms with Gasteiger partial charge < -0.3 is 14.5 Å². The third kappa shape index (κ3) is 3.97. The van der Waals surface area contributed by atoms with Crippen LogP contribution in [0.1, 0.15) is 31.1 Å². The molecular weight excluding hydrogens is 306 g/mol. The third-order valence-electron chi connectivity index (χ3n) is 3.50. The number of rotatable bonds is 2. The van der Waals surface area contributed by atoms with E-state index in [1.807, 2.05) is 0 Å². The summed E-state index contributed by atoms with van der Waals surface area (Å²) in [5.74, 6) is -1.75. The van der Waals surface area contributed by atoms with Gasteiger partial charge in [-0.15, -0.1) is 0 Å². The molecule has 0 saturated carbocycles. The summed E-state index contributed by atoms with van der Waals surface area (Å²) in [5.41, 5.74) is -0.981. The Hall–Kier alpha value is -2.18. The van der Waals surface area contributed by atoms with Crippen molar-refractivity contribution in [1.29, 1.82) is 0 Å². The Morgan fingerprint density at radius 3 is 2.30 bits per heavy atom. The number of benzene rings is 1. The zero-order valence-electron chi connectivity index (χ0n) is 13.4. The van der Waals surface area contributed by atoms with Crippen LogP contribution in [0.2, 0.25) is 0 Å². The standard InChI is InChI=1S/C16H20F2N2O3/c1-16(2,3)23-15(22)20-8-6-19(7-9-20)13-5-4-12(17)11(10-21)14(13)18/h4-5,10H,6-9H2,1-3H3. The first-order valence-electron chi connectivity index (χ1n) is 7.39. The molecule has 1 heterocycles. The molecule has 126 valence electrons. The van der Waals surface area contributed by atoms with Crippen LogP contribution >= 0.6 is 0 Å². The SMILES string of the molecule is CC(C)(C)OC(=O)N1CCN(c2ccc(F)c(C=O)c2F)CC1. The molecule has 0 radical (unpaired) electrons. The van der Waals surface area contributed by atoms with Crippen molar-refractivity contribution >= 4 is 18.1 Å². The highest BCUT2D eigenvalue weighted by Crippen LogP contribution is 2.25. The largest absolute Gasteiger partial charge is 0.444 e. The van der Waals surface area contributed by atoms with Crippen LogP contribution < -0.4 is 4.90 Å². The molecule has 5 nitrogen and oxygen atoms in total. The molecule has 1 fully saturated rings. The van der Waals surface area contributed by atoms with Gasteiger partial charge in [-0.1, -0.05) is 0 Å².